The predicted octanol–water partition coefficient (Wildman–Crippen LogP) is 4.21. The van der Waals surface area contributed by atoms with Gasteiger partial charge >= 0.3 is 26.3 Å². The Morgan fingerprint density at radius 1 is 0.769 bits per heavy atom. The number of halogens is 8. The number of aryl methyl sites for hydroxylation is 2. The maximum atomic E-state index is 9.75. The molecule has 0 bridgehead atoms. The molecule has 2 aromatic heterocycles. The molecular weight excluding hydrogens is 374 g/mol. The minimum Gasteiger partial charge on any atom is -0.418 e. The van der Waals surface area contributed by atoms with E-state index in [2.05, 4.69) is 11.5 Å². The summed E-state index contributed by atoms with van der Waals surface area (Å²) in [4.78, 5) is 0. The SMILES string of the molecule is CC[n+]1ccccc1Oc1cccc[n+]1C.F[B-](F)(F)F.F[B-](F)(F)F. The van der Waals surface area contributed by atoms with Crippen LogP contribution in [-0.4, -0.2) is 14.5 Å². The largest absolute Gasteiger partial charge is 0.673 e. The lowest BCUT2D eigenvalue weighted by molar-refractivity contribution is -0.708. The molecular formula is C13H16B2F8N2O. The maximum absolute atomic E-state index is 9.75. The number of rotatable bonds is 3. The Labute approximate surface area is 145 Å². The summed E-state index contributed by atoms with van der Waals surface area (Å²) in [7, 11) is -10.0. The first-order valence-corrected chi connectivity index (χ1v) is 7.17. The third-order valence-corrected chi connectivity index (χ3v) is 2.46. The van der Waals surface area contributed by atoms with Crippen molar-refractivity contribution in [1.29, 1.82) is 0 Å². The Balaban J connectivity index is 0.000000520. The second kappa shape index (κ2) is 10.6. The first kappa shape index (κ1) is 23.7. The topological polar surface area (TPSA) is 17.0 Å². The molecule has 0 radical (unpaired) electrons. The van der Waals surface area contributed by atoms with E-state index in [1.165, 1.54) is 0 Å². The van der Waals surface area contributed by atoms with Crippen molar-refractivity contribution < 1.29 is 48.4 Å². The quantitative estimate of drug-likeness (QED) is 0.436. The van der Waals surface area contributed by atoms with Gasteiger partial charge in [0.25, 0.3) is 0 Å². The fourth-order valence-corrected chi connectivity index (χ4v) is 1.54. The minimum absolute atomic E-state index is 0.830. The van der Waals surface area contributed by atoms with Crippen LogP contribution in [0.25, 0.3) is 0 Å². The second-order valence-electron chi connectivity index (χ2n) is 4.57. The molecule has 0 N–H and O–H groups in total. The third-order valence-electron chi connectivity index (χ3n) is 2.46. The Kier molecular flexibility index (Phi) is 9.66. The smallest absolute Gasteiger partial charge is 0.418 e. The Morgan fingerprint density at radius 2 is 1.19 bits per heavy atom. The van der Waals surface area contributed by atoms with Crippen molar-refractivity contribution >= 4 is 14.5 Å². The van der Waals surface area contributed by atoms with Crippen LogP contribution >= 0.6 is 0 Å². The Bertz CT molecular complexity index is 643. The van der Waals surface area contributed by atoms with Crippen LogP contribution < -0.4 is 13.9 Å². The molecule has 0 fully saturated rings. The molecule has 0 amide bonds. The number of aromatic nitrogens is 2. The lowest BCUT2D eigenvalue weighted by Crippen LogP contribution is -2.35. The van der Waals surface area contributed by atoms with E-state index in [-0.39, 0.29) is 0 Å². The molecule has 0 saturated heterocycles. The molecule has 13 heteroatoms. The molecule has 0 aliphatic heterocycles. The van der Waals surface area contributed by atoms with E-state index in [9.17, 15) is 34.5 Å². The van der Waals surface area contributed by atoms with Gasteiger partial charge in [0.15, 0.2) is 12.4 Å². The maximum Gasteiger partial charge on any atom is 0.673 e. The van der Waals surface area contributed by atoms with E-state index >= 15 is 0 Å². The van der Waals surface area contributed by atoms with Gasteiger partial charge in [-0.25, -0.2) is 0 Å². The first-order valence-electron chi connectivity index (χ1n) is 7.17. The molecule has 0 aromatic carbocycles. The zero-order valence-electron chi connectivity index (χ0n) is 13.8. The van der Waals surface area contributed by atoms with Gasteiger partial charge in [0, 0.05) is 12.1 Å². The van der Waals surface area contributed by atoms with Crippen LogP contribution in [0.3, 0.4) is 0 Å². The van der Waals surface area contributed by atoms with E-state index in [0.29, 0.717) is 0 Å². The predicted molar refractivity (Wildman–Crippen MR) is 80.4 cm³/mol. The standard InChI is InChI=1S/C13H16N2O.2BF4/c1-3-15-11-7-5-9-13(15)16-12-8-4-6-10-14(12)2;2*2-1(3,4)5/h4-11H,3H2,1-2H3;;/q+2;2*-1. The van der Waals surface area contributed by atoms with Crippen molar-refractivity contribution in [2.75, 3.05) is 0 Å². The van der Waals surface area contributed by atoms with Crippen LogP contribution in [0.5, 0.6) is 11.8 Å². The highest BCUT2D eigenvalue weighted by molar-refractivity contribution is 6.50. The molecule has 0 aliphatic rings. The van der Waals surface area contributed by atoms with E-state index in [1.54, 1.807) is 0 Å². The highest BCUT2D eigenvalue weighted by atomic mass is 19.5. The average molecular weight is 390 g/mol. The molecule has 146 valence electrons. The number of ether oxygens (including phenoxy) is 1. The molecule has 0 aliphatic carbocycles. The molecule has 2 rings (SSSR count). The van der Waals surface area contributed by atoms with Gasteiger partial charge in [-0.3, -0.25) is 0 Å². The molecule has 0 spiro atoms. The highest BCUT2D eigenvalue weighted by Gasteiger charge is 2.21. The summed E-state index contributed by atoms with van der Waals surface area (Å²) in [6, 6.07) is 11.8. The van der Waals surface area contributed by atoms with Crippen molar-refractivity contribution in [2.45, 2.75) is 13.5 Å². The fourth-order valence-electron chi connectivity index (χ4n) is 1.54. The Hall–Kier alpha value is -2.33. The monoisotopic (exact) mass is 390 g/mol. The van der Waals surface area contributed by atoms with Crippen molar-refractivity contribution in [1.82, 2.24) is 0 Å². The molecule has 0 saturated carbocycles. The number of pyridine rings is 2. The average Bonchev–Trinajstić information content (AvgIpc) is 2.47. The zero-order chi connectivity index (χ0) is 20.4. The number of hydrogen-bond donors (Lipinski definition) is 0. The molecule has 2 aromatic rings. The van der Waals surface area contributed by atoms with Gasteiger partial charge in [0.1, 0.15) is 13.6 Å². The lowest BCUT2D eigenvalue weighted by Gasteiger charge is -2.01. The molecule has 0 atom stereocenters. The van der Waals surface area contributed by atoms with E-state index in [0.717, 1.165) is 18.3 Å². The van der Waals surface area contributed by atoms with E-state index in [1.807, 2.05) is 60.4 Å². The van der Waals surface area contributed by atoms with Crippen molar-refractivity contribution in [3.8, 4) is 11.8 Å². The Morgan fingerprint density at radius 3 is 1.62 bits per heavy atom. The molecule has 3 nitrogen and oxygen atoms in total. The normalized spacial score (nSPS) is 10.8. The highest BCUT2D eigenvalue weighted by Crippen LogP contribution is 2.12. The van der Waals surface area contributed by atoms with Crippen LogP contribution in [0.1, 0.15) is 6.92 Å². The van der Waals surface area contributed by atoms with Gasteiger partial charge in [0.2, 0.25) is 0 Å². The van der Waals surface area contributed by atoms with E-state index in [4.69, 9.17) is 4.74 Å². The van der Waals surface area contributed by atoms with Crippen LogP contribution in [0.2, 0.25) is 0 Å². The van der Waals surface area contributed by atoms with E-state index < -0.39 is 14.5 Å². The minimum atomic E-state index is -6.00. The lowest BCUT2D eigenvalue weighted by atomic mass is 10.3. The van der Waals surface area contributed by atoms with Gasteiger partial charge in [-0.1, -0.05) is 0 Å². The van der Waals surface area contributed by atoms with Crippen LogP contribution in [0.15, 0.2) is 48.8 Å². The van der Waals surface area contributed by atoms with Crippen LogP contribution in [0.4, 0.5) is 34.5 Å². The second-order valence-corrected chi connectivity index (χ2v) is 4.57. The van der Waals surface area contributed by atoms with Gasteiger partial charge in [-0.15, -0.1) is 0 Å². The number of hydrogen-bond acceptors (Lipinski definition) is 1. The fraction of sp³-hybridized carbons (Fsp3) is 0.231. The van der Waals surface area contributed by atoms with Crippen molar-refractivity contribution in [3.05, 3.63) is 48.8 Å². The molecule has 26 heavy (non-hydrogen) atoms. The summed E-state index contributed by atoms with van der Waals surface area (Å²) in [5, 5.41) is 0. The summed E-state index contributed by atoms with van der Waals surface area (Å²) in [6.45, 7) is 2.99. The number of nitrogens with zero attached hydrogens (tertiary/aromatic N) is 2. The molecule has 0 unspecified atom stereocenters. The van der Waals surface area contributed by atoms with Crippen LogP contribution in [-0.2, 0) is 13.6 Å². The molecule has 2 heterocycles. The summed E-state index contributed by atoms with van der Waals surface area (Å²) in [5.74, 6) is 1.68. The van der Waals surface area contributed by atoms with Gasteiger partial charge < -0.3 is 39.3 Å². The van der Waals surface area contributed by atoms with Gasteiger partial charge in [-0.2, -0.15) is 9.13 Å². The summed E-state index contributed by atoms with van der Waals surface area (Å²) in [6.07, 6.45) is 3.98. The van der Waals surface area contributed by atoms with Crippen molar-refractivity contribution in [2.24, 2.45) is 7.05 Å². The summed E-state index contributed by atoms with van der Waals surface area (Å²) >= 11 is 0. The van der Waals surface area contributed by atoms with Crippen LogP contribution in [0, 0.1) is 0 Å². The van der Waals surface area contributed by atoms with Crippen molar-refractivity contribution in [3.63, 3.8) is 0 Å². The first-order chi connectivity index (χ1) is 11.8. The summed E-state index contributed by atoms with van der Waals surface area (Å²) in [5.41, 5.74) is 0. The zero-order valence-corrected chi connectivity index (χ0v) is 13.8. The summed E-state index contributed by atoms with van der Waals surface area (Å²) < 4.78 is 87.9. The van der Waals surface area contributed by atoms with Gasteiger partial charge in [0.05, 0.1) is 12.1 Å². The third kappa shape index (κ3) is 14.1. The van der Waals surface area contributed by atoms with Gasteiger partial charge in [-0.05, 0) is 19.1 Å².